The molecule has 0 amide bonds. The molecule has 0 rings (SSSR count). The lowest BCUT2D eigenvalue weighted by Gasteiger charge is -2.27. The van der Waals surface area contributed by atoms with E-state index in [0.29, 0.717) is 0 Å². The van der Waals surface area contributed by atoms with Crippen molar-refractivity contribution < 1.29 is 40.3 Å². The van der Waals surface area contributed by atoms with Crippen molar-refractivity contribution in [1.29, 1.82) is 0 Å². The molecule has 0 aliphatic rings. The Balaban J connectivity index is 6.10. The highest BCUT2D eigenvalue weighted by atomic mass is 16.8. The molecule has 14 heteroatoms. The van der Waals surface area contributed by atoms with Gasteiger partial charge in [0.25, 0.3) is 0 Å². The van der Waals surface area contributed by atoms with Crippen LogP contribution in [0.3, 0.4) is 0 Å². The molecule has 14 nitrogen and oxygen atoms in total. The second-order valence-electron chi connectivity index (χ2n) is 3.33. The average molecular weight is 287 g/mol. The van der Waals surface area contributed by atoms with Gasteiger partial charge in [-0.05, 0) is 0 Å². The lowest BCUT2D eigenvalue weighted by Crippen LogP contribution is -2.74. The van der Waals surface area contributed by atoms with Gasteiger partial charge in [-0.25, -0.2) is 0 Å². The van der Waals surface area contributed by atoms with E-state index in [9.17, 15) is 35.4 Å². The van der Waals surface area contributed by atoms with E-state index in [0.717, 1.165) is 0 Å². The zero-order chi connectivity index (χ0) is 15.6. The number of nitrogens with zero attached hydrogens (tertiary/aromatic N) is 3. The van der Waals surface area contributed by atoms with Gasteiger partial charge < -0.3 is 20.4 Å². The molecular formula is C5H9N3O11. The van der Waals surface area contributed by atoms with E-state index < -0.39 is 45.2 Å². The SMILES string of the molecule is O=[N+]([O-])C(O)([N+](=O)[O-])[C@](O)([C@@H](O)[C@H](O)CO)[N+](=O)[O-]. The molecule has 5 N–H and O–H groups in total. The minimum Gasteiger partial charge on any atom is -0.394 e. The van der Waals surface area contributed by atoms with E-state index in [4.69, 9.17) is 20.4 Å². The van der Waals surface area contributed by atoms with E-state index in [1.54, 1.807) is 0 Å². The second kappa shape index (κ2) is 5.33. The first-order valence-corrected chi connectivity index (χ1v) is 4.33. The summed E-state index contributed by atoms with van der Waals surface area (Å²) in [5.41, 5.74) is -4.60. The van der Waals surface area contributed by atoms with Gasteiger partial charge in [0.15, 0.2) is 6.10 Å². The van der Waals surface area contributed by atoms with Crippen molar-refractivity contribution in [1.82, 2.24) is 0 Å². The van der Waals surface area contributed by atoms with E-state index in [1.807, 2.05) is 0 Å². The molecule has 0 fully saturated rings. The van der Waals surface area contributed by atoms with Crippen molar-refractivity contribution in [3.8, 4) is 0 Å². The summed E-state index contributed by atoms with van der Waals surface area (Å²) in [6, 6.07) is 0. The molecule has 0 aromatic heterocycles. The maximum atomic E-state index is 10.6. The van der Waals surface area contributed by atoms with Crippen LogP contribution in [0.15, 0.2) is 0 Å². The van der Waals surface area contributed by atoms with E-state index >= 15 is 0 Å². The number of rotatable bonds is 7. The number of nitro groups is 3. The molecule has 0 aliphatic carbocycles. The van der Waals surface area contributed by atoms with Crippen LogP contribution in [0.4, 0.5) is 0 Å². The van der Waals surface area contributed by atoms with Crippen LogP contribution in [0.25, 0.3) is 0 Å². The summed E-state index contributed by atoms with van der Waals surface area (Å²) in [5.74, 6) is -4.84. The molecule has 3 atom stereocenters. The molecule has 110 valence electrons. The fourth-order valence-electron chi connectivity index (χ4n) is 1.13. The summed E-state index contributed by atoms with van der Waals surface area (Å²) in [7, 11) is 0. The Bertz CT molecular complexity index is 384. The van der Waals surface area contributed by atoms with Gasteiger partial charge in [-0.3, -0.25) is 35.4 Å². The fourth-order valence-corrected chi connectivity index (χ4v) is 1.13. The van der Waals surface area contributed by atoms with Crippen molar-refractivity contribution in [2.45, 2.75) is 23.8 Å². The highest BCUT2D eigenvalue weighted by molar-refractivity contribution is 4.88. The summed E-state index contributed by atoms with van der Waals surface area (Å²) in [6.07, 6.45) is -5.77. The lowest BCUT2D eigenvalue weighted by atomic mass is 9.97. The van der Waals surface area contributed by atoms with Gasteiger partial charge in [0.05, 0.1) is 11.5 Å². The number of hydrogen-bond donors (Lipinski definition) is 5. The molecule has 0 saturated carbocycles. The van der Waals surface area contributed by atoms with Crippen LogP contribution >= 0.6 is 0 Å². The van der Waals surface area contributed by atoms with E-state index in [-0.39, 0.29) is 0 Å². The molecule has 0 radical (unpaired) electrons. The van der Waals surface area contributed by atoms with Crippen LogP contribution in [0, 0.1) is 30.3 Å². The third kappa shape index (κ3) is 2.29. The molecule has 0 aliphatic heterocycles. The van der Waals surface area contributed by atoms with Gasteiger partial charge in [0, 0.05) is 0 Å². The van der Waals surface area contributed by atoms with Crippen LogP contribution < -0.4 is 0 Å². The Morgan fingerprint density at radius 3 is 1.53 bits per heavy atom. The Kier molecular flexibility index (Phi) is 4.76. The monoisotopic (exact) mass is 287 g/mol. The predicted molar refractivity (Wildman–Crippen MR) is 50.0 cm³/mol. The van der Waals surface area contributed by atoms with Gasteiger partial charge >= 0.3 is 11.6 Å². The first kappa shape index (κ1) is 17.0. The Morgan fingerprint density at radius 2 is 1.32 bits per heavy atom. The summed E-state index contributed by atoms with van der Waals surface area (Å²) in [5, 5.41) is 76.4. The van der Waals surface area contributed by atoms with Gasteiger partial charge in [0.1, 0.15) is 16.0 Å². The molecule has 19 heavy (non-hydrogen) atoms. The molecule has 0 unspecified atom stereocenters. The summed E-state index contributed by atoms with van der Waals surface area (Å²) >= 11 is 0. The largest absolute Gasteiger partial charge is 0.677 e. The smallest absolute Gasteiger partial charge is 0.394 e. The minimum atomic E-state index is -4.84. The highest BCUT2D eigenvalue weighted by Crippen LogP contribution is 2.30. The maximum Gasteiger partial charge on any atom is 0.677 e. The Morgan fingerprint density at radius 1 is 0.947 bits per heavy atom. The number of aliphatic hydroxyl groups excluding tert-OH is 3. The van der Waals surface area contributed by atoms with Crippen molar-refractivity contribution in [3.63, 3.8) is 0 Å². The van der Waals surface area contributed by atoms with Crippen molar-refractivity contribution in [2.75, 3.05) is 6.61 Å². The first-order chi connectivity index (χ1) is 8.47. The molecule has 0 heterocycles. The highest BCUT2D eigenvalue weighted by Gasteiger charge is 2.86. The minimum absolute atomic E-state index is 1.43. The third-order valence-electron chi connectivity index (χ3n) is 2.25. The standard InChI is InChI=1S/C5H9N3O11/c9-1-2(10)3(11)4(12,6(14)15)5(13,7(16)17)8(18)19/h2-3,9-13H,1H2/t2-,3+,4-/m1/s1. The molecule has 0 spiro atoms. The van der Waals surface area contributed by atoms with Crippen LogP contribution in [0.1, 0.15) is 0 Å². The van der Waals surface area contributed by atoms with Crippen LogP contribution in [-0.2, 0) is 0 Å². The Hall–Kier alpha value is -2.00. The zero-order valence-electron chi connectivity index (χ0n) is 8.89. The van der Waals surface area contributed by atoms with Crippen molar-refractivity contribution >= 4 is 0 Å². The second-order valence-corrected chi connectivity index (χ2v) is 3.33. The Labute approximate surface area is 102 Å². The summed E-state index contributed by atoms with van der Waals surface area (Å²) in [6.45, 7) is -1.43. The summed E-state index contributed by atoms with van der Waals surface area (Å²) < 4.78 is 0. The molecule has 0 aromatic rings. The number of hydrogen-bond acceptors (Lipinski definition) is 11. The molecule has 0 aromatic carbocycles. The summed E-state index contributed by atoms with van der Waals surface area (Å²) in [4.78, 5) is 24.9. The number of aliphatic hydroxyl groups is 5. The van der Waals surface area contributed by atoms with Gasteiger partial charge in [0.2, 0.25) is 0 Å². The average Bonchev–Trinajstić information content (AvgIpc) is 2.33. The van der Waals surface area contributed by atoms with Crippen molar-refractivity contribution in [3.05, 3.63) is 30.3 Å². The van der Waals surface area contributed by atoms with E-state index in [1.165, 1.54) is 0 Å². The quantitative estimate of drug-likeness (QED) is 0.171. The van der Waals surface area contributed by atoms with Crippen LogP contribution in [0.5, 0.6) is 0 Å². The lowest BCUT2D eigenvalue weighted by molar-refractivity contribution is -0.918. The van der Waals surface area contributed by atoms with Gasteiger partial charge in [-0.2, -0.15) is 0 Å². The molecule has 0 bridgehead atoms. The maximum absolute atomic E-state index is 10.6. The normalized spacial score (nSPS) is 18.2. The topological polar surface area (TPSA) is 231 Å². The zero-order valence-corrected chi connectivity index (χ0v) is 8.89. The van der Waals surface area contributed by atoms with Crippen LogP contribution in [0.2, 0.25) is 0 Å². The molecule has 0 saturated heterocycles. The predicted octanol–water partition coefficient (Wildman–Crippen LogP) is -4.13. The van der Waals surface area contributed by atoms with Crippen molar-refractivity contribution in [2.24, 2.45) is 0 Å². The van der Waals surface area contributed by atoms with E-state index in [2.05, 4.69) is 0 Å². The molecular weight excluding hydrogens is 278 g/mol. The fraction of sp³-hybridized carbons (Fsp3) is 1.00. The van der Waals surface area contributed by atoms with Crippen LogP contribution in [-0.4, -0.2) is 70.7 Å². The third-order valence-corrected chi connectivity index (χ3v) is 2.25. The van der Waals surface area contributed by atoms with Gasteiger partial charge in [-0.15, -0.1) is 0 Å². The first-order valence-electron chi connectivity index (χ1n) is 4.33. The van der Waals surface area contributed by atoms with Gasteiger partial charge in [-0.1, -0.05) is 0 Å².